The van der Waals surface area contributed by atoms with Crippen LogP contribution < -0.4 is 15.5 Å². The van der Waals surface area contributed by atoms with E-state index >= 15 is 0 Å². The Hall–Kier alpha value is -1.14. The number of sulfone groups is 1. The van der Waals surface area contributed by atoms with E-state index in [0.717, 1.165) is 44.1 Å². The maximum absolute atomic E-state index is 13.4. The summed E-state index contributed by atoms with van der Waals surface area (Å²) in [5, 5.41) is 6.66. The first-order valence-electron chi connectivity index (χ1n) is 9.68. The summed E-state index contributed by atoms with van der Waals surface area (Å²) in [5.41, 5.74) is 0.922. The number of ether oxygens (including phenoxy) is 1. The van der Waals surface area contributed by atoms with E-state index in [1.165, 1.54) is 12.3 Å². The van der Waals surface area contributed by atoms with Gasteiger partial charge in [0.1, 0.15) is 15.7 Å². The highest BCUT2D eigenvalue weighted by atomic mass is 127. The van der Waals surface area contributed by atoms with Gasteiger partial charge in [0, 0.05) is 37.6 Å². The van der Waals surface area contributed by atoms with E-state index in [1.54, 1.807) is 12.1 Å². The smallest absolute Gasteiger partial charge is 0.191 e. The van der Waals surface area contributed by atoms with Crippen molar-refractivity contribution in [3.05, 3.63) is 30.1 Å². The fourth-order valence-electron chi connectivity index (χ4n) is 3.00. The van der Waals surface area contributed by atoms with Crippen LogP contribution in [0, 0.1) is 5.82 Å². The van der Waals surface area contributed by atoms with Gasteiger partial charge >= 0.3 is 0 Å². The summed E-state index contributed by atoms with van der Waals surface area (Å²) in [4.78, 5) is 6.68. The molecule has 166 valence electrons. The van der Waals surface area contributed by atoms with Crippen molar-refractivity contribution in [3.8, 4) is 0 Å². The van der Waals surface area contributed by atoms with Crippen LogP contribution in [0.1, 0.15) is 19.8 Å². The Morgan fingerprint density at radius 3 is 2.66 bits per heavy atom. The number of guanidine groups is 1. The Morgan fingerprint density at radius 1 is 1.31 bits per heavy atom. The van der Waals surface area contributed by atoms with Crippen LogP contribution >= 0.6 is 24.0 Å². The van der Waals surface area contributed by atoms with Gasteiger partial charge < -0.3 is 20.3 Å². The number of nitrogens with one attached hydrogen (secondary N) is 2. The van der Waals surface area contributed by atoms with Gasteiger partial charge in [0.05, 0.1) is 25.5 Å². The van der Waals surface area contributed by atoms with Crippen molar-refractivity contribution in [2.45, 2.75) is 25.8 Å². The zero-order valence-corrected chi connectivity index (χ0v) is 20.2. The molecule has 1 heterocycles. The Balaban J connectivity index is 0.00000420. The van der Waals surface area contributed by atoms with E-state index in [0.29, 0.717) is 19.2 Å². The van der Waals surface area contributed by atoms with Crippen LogP contribution in [0.5, 0.6) is 0 Å². The highest BCUT2D eigenvalue weighted by molar-refractivity contribution is 14.0. The minimum Gasteiger partial charge on any atom is -0.378 e. The molecule has 2 rings (SSSR count). The summed E-state index contributed by atoms with van der Waals surface area (Å²) in [6.07, 6.45) is 3.07. The summed E-state index contributed by atoms with van der Waals surface area (Å²) >= 11 is 0. The van der Waals surface area contributed by atoms with Gasteiger partial charge in [-0.2, -0.15) is 0 Å². The maximum atomic E-state index is 13.4. The summed E-state index contributed by atoms with van der Waals surface area (Å²) in [6, 6.07) is 7.01. The number of rotatable bonds is 9. The Bertz CT molecular complexity index is 741. The molecule has 7 nitrogen and oxygen atoms in total. The summed E-state index contributed by atoms with van der Waals surface area (Å²) in [7, 11) is -2.99. The molecule has 0 radical (unpaired) electrons. The first kappa shape index (κ1) is 25.9. The van der Waals surface area contributed by atoms with E-state index in [2.05, 4.69) is 20.5 Å². The third kappa shape index (κ3) is 10.4. The summed E-state index contributed by atoms with van der Waals surface area (Å²) < 4.78 is 40.8. The lowest BCUT2D eigenvalue weighted by Gasteiger charge is -2.34. The van der Waals surface area contributed by atoms with Crippen LogP contribution in [-0.4, -0.2) is 71.8 Å². The molecule has 10 heteroatoms. The molecule has 0 spiro atoms. The number of aliphatic imine (C=N–C) groups is 1. The minimum atomic E-state index is -2.99. The quantitative estimate of drug-likeness (QED) is 0.215. The highest BCUT2D eigenvalue weighted by Crippen LogP contribution is 2.20. The Kier molecular flexibility index (Phi) is 11.8. The predicted octanol–water partition coefficient (Wildman–Crippen LogP) is 2.03. The van der Waals surface area contributed by atoms with E-state index in [-0.39, 0.29) is 42.2 Å². The second-order valence-electron chi connectivity index (χ2n) is 6.89. The lowest BCUT2D eigenvalue weighted by Crippen LogP contribution is -2.48. The zero-order chi connectivity index (χ0) is 20.4. The average molecular weight is 542 g/mol. The Morgan fingerprint density at radius 2 is 2.03 bits per heavy atom. The van der Waals surface area contributed by atoms with E-state index in [9.17, 15) is 12.8 Å². The fourth-order valence-corrected chi connectivity index (χ4v) is 3.42. The second-order valence-corrected chi connectivity index (χ2v) is 9.15. The summed E-state index contributed by atoms with van der Waals surface area (Å²) in [6.45, 7) is 5.50. The molecule has 2 N–H and O–H groups in total. The lowest BCUT2D eigenvalue weighted by molar-refractivity contribution is 0.157. The average Bonchev–Trinajstić information content (AvgIpc) is 2.64. The number of halogens is 2. The van der Waals surface area contributed by atoms with Gasteiger partial charge in [0.2, 0.25) is 0 Å². The van der Waals surface area contributed by atoms with Crippen molar-refractivity contribution in [2.75, 3.05) is 56.3 Å². The lowest BCUT2D eigenvalue weighted by atomic mass is 10.0. The van der Waals surface area contributed by atoms with Crippen LogP contribution in [0.25, 0.3) is 0 Å². The molecule has 0 bridgehead atoms. The molecule has 0 aromatic heterocycles. The highest BCUT2D eigenvalue weighted by Gasteiger charge is 2.20. The molecule has 0 saturated carbocycles. The van der Waals surface area contributed by atoms with Gasteiger partial charge in [-0.1, -0.05) is 6.07 Å². The summed E-state index contributed by atoms with van der Waals surface area (Å²) in [5.74, 6) is 0.551. The molecule has 0 amide bonds. The van der Waals surface area contributed by atoms with Crippen LogP contribution in [0.2, 0.25) is 0 Å². The third-order valence-corrected chi connectivity index (χ3v) is 5.37. The van der Waals surface area contributed by atoms with Crippen molar-refractivity contribution < 1.29 is 17.5 Å². The number of anilines is 1. The number of benzene rings is 1. The fraction of sp³-hybridized carbons (Fsp3) is 0.632. The third-order valence-electron chi connectivity index (χ3n) is 4.46. The molecule has 0 aliphatic carbocycles. The number of nitrogens with zero attached hydrogens (tertiary/aromatic N) is 2. The molecule has 1 aliphatic rings. The van der Waals surface area contributed by atoms with E-state index in [4.69, 9.17) is 4.74 Å². The first-order valence-corrected chi connectivity index (χ1v) is 11.7. The van der Waals surface area contributed by atoms with Gasteiger partial charge in [-0.3, -0.25) is 4.99 Å². The standard InChI is InChI=1S/C19H31FN4O3S.HI/c1-3-21-19(22-9-12-27-13-14-28(2,25)26)23-17-7-10-24(11-8-17)18-6-4-5-16(20)15-18;/h4-6,15,17H,3,7-14H2,1-2H3,(H2,21,22,23);1H. The monoisotopic (exact) mass is 542 g/mol. The van der Waals surface area contributed by atoms with Crippen molar-refractivity contribution in [2.24, 2.45) is 4.99 Å². The maximum Gasteiger partial charge on any atom is 0.191 e. The predicted molar refractivity (Wildman–Crippen MR) is 127 cm³/mol. The van der Waals surface area contributed by atoms with Crippen LogP contribution in [-0.2, 0) is 14.6 Å². The van der Waals surface area contributed by atoms with Gasteiger partial charge in [0.15, 0.2) is 5.96 Å². The van der Waals surface area contributed by atoms with Crippen LogP contribution in [0.15, 0.2) is 29.3 Å². The SMILES string of the molecule is CCNC(=NCCOCCS(C)(=O)=O)NC1CCN(c2cccc(F)c2)CC1.I. The molecule has 1 aromatic carbocycles. The molecule has 1 aliphatic heterocycles. The van der Waals surface area contributed by atoms with Gasteiger partial charge in [0.25, 0.3) is 0 Å². The van der Waals surface area contributed by atoms with Crippen molar-refractivity contribution in [1.82, 2.24) is 10.6 Å². The van der Waals surface area contributed by atoms with E-state index < -0.39 is 9.84 Å². The van der Waals surface area contributed by atoms with E-state index in [1.807, 2.05) is 13.0 Å². The van der Waals surface area contributed by atoms with Gasteiger partial charge in [-0.25, -0.2) is 12.8 Å². The Labute approximate surface area is 190 Å². The molecule has 0 unspecified atom stereocenters. The van der Waals surface area contributed by atoms with Crippen LogP contribution in [0.4, 0.5) is 10.1 Å². The van der Waals surface area contributed by atoms with Crippen molar-refractivity contribution in [3.63, 3.8) is 0 Å². The van der Waals surface area contributed by atoms with Crippen LogP contribution in [0.3, 0.4) is 0 Å². The second kappa shape index (κ2) is 13.2. The number of piperidine rings is 1. The molecule has 0 atom stereocenters. The van der Waals surface area contributed by atoms with Gasteiger partial charge in [-0.15, -0.1) is 24.0 Å². The van der Waals surface area contributed by atoms with Crippen molar-refractivity contribution in [1.29, 1.82) is 0 Å². The minimum absolute atomic E-state index is 0. The number of hydrogen-bond donors (Lipinski definition) is 2. The molecular weight excluding hydrogens is 510 g/mol. The van der Waals surface area contributed by atoms with Crippen molar-refractivity contribution >= 4 is 45.5 Å². The zero-order valence-electron chi connectivity index (χ0n) is 17.1. The van der Waals surface area contributed by atoms with Gasteiger partial charge in [-0.05, 0) is 38.0 Å². The molecule has 1 fully saturated rings. The number of hydrogen-bond acceptors (Lipinski definition) is 5. The topological polar surface area (TPSA) is 83.0 Å². The largest absolute Gasteiger partial charge is 0.378 e. The normalized spacial score (nSPS) is 15.7. The molecule has 29 heavy (non-hydrogen) atoms. The first-order chi connectivity index (χ1) is 13.4. The molecule has 1 saturated heterocycles. The molecule has 1 aromatic rings. The molecular formula is C19H32FIN4O3S.